The predicted molar refractivity (Wildman–Crippen MR) is 70.0 cm³/mol. The summed E-state index contributed by atoms with van der Waals surface area (Å²) in [5.41, 5.74) is 0.195. The Balaban J connectivity index is 2.68. The fourth-order valence-corrected chi connectivity index (χ4v) is 1.92. The molecule has 0 heterocycles. The molecule has 3 nitrogen and oxygen atoms in total. The molecule has 2 aromatic carbocycles. The zero-order chi connectivity index (χ0) is 14.9. The molecule has 0 saturated heterocycles. The van der Waals surface area contributed by atoms with E-state index in [-0.39, 0.29) is 22.3 Å². The first-order valence-electron chi connectivity index (χ1n) is 5.81. The lowest BCUT2D eigenvalue weighted by Crippen LogP contribution is -2.03. The van der Waals surface area contributed by atoms with Crippen LogP contribution in [-0.4, -0.2) is 18.2 Å². The topological polar surface area (TPSA) is 46.5 Å². The maximum absolute atomic E-state index is 14.0. The molecule has 0 atom stereocenters. The smallest absolute Gasteiger partial charge is 0.336 e. The molecule has 1 N–H and O–H groups in total. The van der Waals surface area contributed by atoms with Crippen molar-refractivity contribution < 1.29 is 23.4 Å². The van der Waals surface area contributed by atoms with Crippen LogP contribution in [0.1, 0.15) is 15.9 Å². The van der Waals surface area contributed by atoms with Crippen molar-refractivity contribution in [1.29, 1.82) is 0 Å². The van der Waals surface area contributed by atoms with Crippen molar-refractivity contribution in [3.05, 3.63) is 53.1 Å². The van der Waals surface area contributed by atoms with E-state index in [1.54, 1.807) is 0 Å². The first-order chi connectivity index (χ1) is 9.43. The number of carbonyl (C=O) groups is 1. The van der Waals surface area contributed by atoms with Crippen molar-refractivity contribution >= 4 is 5.97 Å². The highest BCUT2D eigenvalue weighted by Gasteiger charge is 2.17. The van der Waals surface area contributed by atoms with Gasteiger partial charge >= 0.3 is 5.97 Å². The number of aromatic carboxylic acids is 1. The zero-order valence-electron chi connectivity index (χ0n) is 10.9. The van der Waals surface area contributed by atoms with Gasteiger partial charge in [0.1, 0.15) is 17.4 Å². The molecule has 0 aliphatic heterocycles. The molecule has 0 aliphatic rings. The number of hydrogen-bond acceptors (Lipinski definition) is 2. The van der Waals surface area contributed by atoms with E-state index in [2.05, 4.69) is 0 Å². The molecule has 0 unspecified atom stereocenters. The number of aryl methyl sites for hydroxylation is 1. The van der Waals surface area contributed by atoms with E-state index in [1.165, 1.54) is 32.2 Å². The number of hydrogen-bond donors (Lipinski definition) is 1. The summed E-state index contributed by atoms with van der Waals surface area (Å²) in [6.07, 6.45) is 0. The van der Waals surface area contributed by atoms with Crippen molar-refractivity contribution in [2.45, 2.75) is 6.92 Å². The lowest BCUT2D eigenvalue weighted by Gasteiger charge is -2.10. The van der Waals surface area contributed by atoms with Gasteiger partial charge in [0.15, 0.2) is 0 Å². The van der Waals surface area contributed by atoms with Crippen LogP contribution in [0.5, 0.6) is 5.75 Å². The van der Waals surface area contributed by atoms with Crippen LogP contribution in [0.2, 0.25) is 0 Å². The van der Waals surface area contributed by atoms with Crippen molar-refractivity contribution in [3.8, 4) is 16.9 Å². The van der Waals surface area contributed by atoms with E-state index in [1.807, 2.05) is 0 Å². The average Bonchev–Trinajstić information content (AvgIpc) is 2.41. The van der Waals surface area contributed by atoms with Crippen LogP contribution in [0.3, 0.4) is 0 Å². The van der Waals surface area contributed by atoms with Gasteiger partial charge in [0.25, 0.3) is 0 Å². The van der Waals surface area contributed by atoms with Gasteiger partial charge in [0.2, 0.25) is 0 Å². The lowest BCUT2D eigenvalue weighted by molar-refractivity contribution is 0.0697. The molecule has 2 aromatic rings. The second-order valence-electron chi connectivity index (χ2n) is 4.30. The molecule has 5 heteroatoms. The summed E-state index contributed by atoms with van der Waals surface area (Å²) in [5.74, 6) is -2.26. The average molecular weight is 278 g/mol. The van der Waals surface area contributed by atoms with Gasteiger partial charge in [-0.1, -0.05) is 0 Å². The third-order valence-corrected chi connectivity index (χ3v) is 3.00. The maximum atomic E-state index is 14.0. The molecule has 0 radical (unpaired) electrons. The van der Waals surface area contributed by atoms with Crippen LogP contribution in [0.25, 0.3) is 11.1 Å². The van der Waals surface area contributed by atoms with E-state index >= 15 is 0 Å². The summed E-state index contributed by atoms with van der Waals surface area (Å²) in [7, 11) is 1.40. The summed E-state index contributed by atoms with van der Waals surface area (Å²) in [6, 6.07) is 6.30. The molecule has 104 valence electrons. The van der Waals surface area contributed by atoms with Crippen molar-refractivity contribution in [3.63, 3.8) is 0 Å². The zero-order valence-corrected chi connectivity index (χ0v) is 10.9. The van der Waals surface area contributed by atoms with E-state index < -0.39 is 17.6 Å². The molecular formula is C15H12F2O3. The van der Waals surface area contributed by atoms with Crippen LogP contribution in [0, 0.1) is 18.6 Å². The van der Waals surface area contributed by atoms with Crippen molar-refractivity contribution in [2.75, 3.05) is 7.11 Å². The Bertz CT molecular complexity index is 681. The van der Waals surface area contributed by atoms with Crippen molar-refractivity contribution in [2.24, 2.45) is 0 Å². The fourth-order valence-electron chi connectivity index (χ4n) is 1.92. The molecule has 20 heavy (non-hydrogen) atoms. The molecule has 0 aromatic heterocycles. The third kappa shape index (κ3) is 2.47. The minimum absolute atomic E-state index is 0.0892. The Morgan fingerprint density at radius 2 is 1.80 bits per heavy atom. The molecule has 2 rings (SSSR count). The number of benzene rings is 2. The Hall–Kier alpha value is -2.43. The van der Waals surface area contributed by atoms with E-state index in [0.717, 1.165) is 12.1 Å². The first-order valence-corrected chi connectivity index (χ1v) is 5.81. The van der Waals surface area contributed by atoms with Crippen LogP contribution < -0.4 is 4.74 Å². The highest BCUT2D eigenvalue weighted by atomic mass is 19.1. The quantitative estimate of drug-likeness (QED) is 0.932. The van der Waals surface area contributed by atoms with Crippen LogP contribution in [0.15, 0.2) is 30.3 Å². The summed E-state index contributed by atoms with van der Waals surface area (Å²) in [5, 5.41) is 9.12. The van der Waals surface area contributed by atoms with Gasteiger partial charge in [-0.15, -0.1) is 0 Å². The van der Waals surface area contributed by atoms with Gasteiger partial charge < -0.3 is 9.84 Å². The molecule has 0 amide bonds. The second kappa shape index (κ2) is 5.28. The summed E-state index contributed by atoms with van der Waals surface area (Å²) in [4.78, 5) is 11.2. The molecule has 0 bridgehead atoms. The normalized spacial score (nSPS) is 10.4. The monoisotopic (exact) mass is 278 g/mol. The van der Waals surface area contributed by atoms with Gasteiger partial charge in [-0.2, -0.15) is 0 Å². The third-order valence-electron chi connectivity index (χ3n) is 3.00. The first kappa shape index (κ1) is 14.0. The minimum atomic E-state index is -1.31. The summed E-state index contributed by atoms with van der Waals surface area (Å²) >= 11 is 0. The standard InChI is InChI=1S/C15H12F2O3/c1-8-5-11(12(15(18)19)7-13(8)16)10-4-3-9(20-2)6-14(10)17/h3-7H,1-2H3,(H,18,19). The Labute approximate surface area is 114 Å². The van der Waals surface area contributed by atoms with Crippen LogP contribution in [0.4, 0.5) is 8.78 Å². The van der Waals surface area contributed by atoms with Crippen molar-refractivity contribution in [1.82, 2.24) is 0 Å². The fraction of sp³-hybridized carbons (Fsp3) is 0.133. The predicted octanol–water partition coefficient (Wildman–Crippen LogP) is 3.65. The number of methoxy groups -OCH3 is 1. The highest BCUT2D eigenvalue weighted by Crippen LogP contribution is 2.30. The Morgan fingerprint density at radius 1 is 1.10 bits per heavy atom. The molecule has 0 spiro atoms. The van der Waals surface area contributed by atoms with Crippen LogP contribution in [-0.2, 0) is 0 Å². The van der Waals surface area contributed by atoms with E-state index in [9.17, 15) is 13.6 Å². The highest BCUT2D eigenvalue weighted by molar-refractivity contribution is 5.96. The van der Waals surface area contributed by atoms with Gasteiger partial charge in [0, 0.05) is 11.6 Å². The Kier molecular flexibility index (Phi) is 3.70. The number of carboxylic acids is 1. The molecular weight excluding hydrogens is 266 g/mol. The molecule has 0 saturated carbocycles. The summed E-state index contributed by atoms with van der Waals surface area (Å²) in [6.45, 7) is 1.49. The van der Waals surface area contributed by atoms with Gasteiger partial charge in [-0.05, 0) is 42.3 Å². The maximum Gasteiger partial charge on any atom is 0.336 e. The minimum Gasteiger partial charge on any atom is -0.497 e. The van der Waals surface area contributed by atoms with Gasteiger partial charge in [-0.3, -0.25) is 0 Å². The molecule has 0 aliphatic carbocycles. The largest absolute Gasteiger partial charge is 0.497 e. The van der Waals surface area contributed by atoms with Gasteiger partial charge in [-0.25, -0.2) is 13.6 Å². The lowest BCUT2D eigenvalue weighted by atomic mass is 9.96. The number of halogens is 2. The SMILES string of the molecule is COc1ccc(-c2cc(C)c(F)cc2C(=O)O)c(F)c1. The van der Waals surface area contributed by atoms with Crippen LogP contribution >= 0.6 is 0 Å². The molecule has 0 fully saturated rings. The van der Waals surface area contributed by atoms with E-state index in [0.29, 0.717) is 5.75 Å². The number of ether oxygens (including phenoxy) is 1. The number of rotatable bonds is 3. The van der Waals surface area contributed by atoms with E-state index in [4.69, 9.17) is 9.84 Å². The summed E-state index contributed by atoms with van der Waals surface area (Å²) < 4.78 is 32.4. The number of carboxylic acid groups (broad SMARTS) is 1. The second-order valence-corrected chi connectivity index (χ2v) is 4.30. The Morgan fingerprint density at radius 3 is 2.35 bits per heavy atom. The van der Waals surface area contributed by atoms with Gasteiger partial charge in [0.05, 0.1) is 12.7 Å².